The van der Waals surface area contributed by atoms with E-state index in [1.807, 2.05) is 0 Å². The Kier molecular flexibility index (Phi) is 3.63. The Morgan fingerprint density at radius 2 is 2.06 bits per heavy atom. The number of pyridine rings is 1. The molecular weight excluding hydrogens is 238 g/mol. The third-order valence-corrected chi connectivity index (χ3v) is 4.52. The van der Waals surface area contributed by atoms with Crippen molar-refractivity contribution < 1.29 is 8.42 Å². The molecule has 0 bridgehead atoms. The number of nitrogen functional groups attached to an aromatic ring is 1. The summed E-state index contributed by atoms with van der Waals surface area (Å²) in [7, 11) is -3.43. The SMILES string of the molecule is Nc1ccc(S(=O)(=O)NCC2CCCC2)cn1. The van der Waals surface area contributed by atoms with Gasteiger partial charge in [0.2, 0.25) is 10.0 Å². The summed E-state index contributed by atoms with van der Waals surface area (Å²) in [5.74, 6) is 0.797. The Balaban J connectivity index is 2.00. The van der Waals surface area contributed by atoms with Crippen molar-refractivity contribution >= 4 is 15.8 Å². The Morgan fingerprint density at radius 3 is 2.65 bits per heavy atom. The van der Waals surface area contributed by atoms with Gasteiger partial charge < -0.3 is 5.73 Å². The number of nitrogens with one attached hydrogen (secondary N) is 1. The highest BCUT2D eigenvalue weighted by Crippen LogP contribution is 2.24. The van der Waals surface area contributed by atoms with Crippen LogP contribution in [-0.4, -0.2) is 19.9 Å². The van der Waals surface area contributed by atoms with Crippen LogP contribution >= 0.6 is 0 Å². The van der Waals surface area contributed by atoms with E-state index >= 15 is 0 Å². The highest BCUT2D eigenvalue weighted by molar-refractivity contribution is 7.89. The average Bonchev–Trinajstić information content (AvgIpc) is 2.80. The number of nitrogens with zero attached hydrogens (tertiary/aromatic N) is 1. The van der Waals surface area contributed by atoms with Crippen molar-refractivity contribution in [3.05, 3.63) is 18.3 Å². The van der Waals surface area contributed by atoms with Crippen LogP contribution in [0.15, 0.2) is 23.2 Å². The first-order chi connectivity index (χ1) is 8.08. The molecule has 1 aromatic rings. The van der Waals surface area contributed by atoms with E-state index in [0.29, 0.717) is 18.3 Å². The van der Waals surface area contributed by atoms with Crippen LogP contribution in [0.1, 0.15) is 25.7 Å². The van der Waals surface area contributed by atoms with Crippen LogP contribution in [0.4, 0.5) is 5.82 Å². The van der Waals surface area contributed by atoms with E-state index in [9.17, 15) is 8.42 Å². The van der Waals surface area contributed by atoms with Crippen molar-refractivity contribution in [2.45, 2.75) is 30.6 Å². The van der Waals surface area contributed by atoms with Crippen molar-refractivity contribution in [2.75, 3.05) is 12.3 Å². The lowest BCUT2D eigenvalue weighted by Crippen LogP contribution is -2.28. The zero-order chi connectivity index (χ0) is 12.3. The second-order valence-electron chi connectivity index (χ2n) is 4.42. The first kappa shape index (κ1) is 12.3. The van der Waals surface area contributed by atoms with E-state index in [1.165, 1.54) is 31.2 Å². The van der Waals surface area contributed by atoms with Gasteiger partial charge in [0.25, 0.3) is 0 Å². The summed E-state index contributed by atoms with van der Waals surface area (Å²) in [6.07, 6.45) is 5.92. The van der Waals surface area contributed by atoms with E-state index in [4.69, 9.17) is 5.73 Å². The largest absolute Gasteiger partial charge is 0.384 e. The molecule has 1 aliphatic carbocycles. The summed E-state index contributed by atoms with van der Waals surface area (Å²) >= 11 is 0. The molecule has 0 atom stereocenters. The molecule has 1 heterocycles. The van der Waals surface area contributed by atoms with Gasteiger partial charge in [0.05, 0.1) is 0 Å². The Labute approximate surface area is 101 Å². The summed E-state index contributed by atoms with van der Waals surface area (Å²) in [5.41, 5.74) is 5.42. The third kappa shape index (κ3) is 3.17. The second-order valence-corrected chi connectivity index (χ2v) is 6.19. The highest BCUT2D eigenvalue weighted by Gasteiger charge is 2.19. The summed E-state index contributed by atoms with van der Waals surface area (Å²) in [6.45, 7) is 0.521. The maximum absolute atomic E-state index is 11.9. The summed E-state index contributed by atoms with van der Waals surface area (Å²) in [6, 6.07) is 2.96. The van der Waals surface area contributed by atoms with Crippen molar-refractivity contribution in [2.24, 2.45) is 5.92 Å². The number of hydrogen-bond donors (Lipinski definition) is 2. The van der Waals surface area contributed by atoms with Gasteiger partial charge >= 0.3 is 0 Å². The number of anilines is 1. The fraction of sp³-hybridized carbons (Fsp3) is 0.545. The molecule has 6 heteroatoms. The molecule has 0 spiro atoms. The zero-order valence-corrected chi connectivity index (χ0v) is 10.4. The van der Waals surface area contributed by atoms with Crippen LogP contribution in [0.5, 0.6) is 0 Å². The molecule has 0 aromatic carbocycles. The van der Waals surface area contributed by atoms with Gasteiger partial charge in [-0.15, -0.1) is 0 Å². The van der Waals surface area contributed by atoms with Crippen LogP contribution in [0.25, 0.3) is 0 Å². The fourth-order valence-electron chi connectivity index (χ4n) is 2.08. The average molecular weight is 255 g/mol. The van der Waals surface area contributed by atoms with Crippen LogP contribution in [0, 0.1) is 5.92 Å². The minimum atomic E-state index is -3.43. The van der Waals surface area contributed by atoms with Gasteiger partial charge in [-0.05, 0) is 30.9 Å². The molecule has 3 N–H and O–H groups in total. The lowest BCUT2D eigenvalue weighted by atomic mass is 10.1. The van der Waals surface area contributed by atoms with Gasteiger partial charge in [-0.1, -0.05) is 12.8 Å². The quantitative estimate of drug-likeness (QED) is 0.844. The van der Waals surface area contributed by atoms with Gasteiger partial charge in [0, 0.05) is 12.7 Å². The normalized spacial score (nSPS) is 17.4. The van der Waals surface area contributed by atoms with E-state index in [1.54, 1.807) is 0 Å². The molecule has 17 heavy (non-hydrogen) atoms. The Hall–Kier alpha value is -1.14. The predicted octanol–water partition coefficient (Wildman–Crippen LogP) is 1.13. The van der Waals surface area contributed by atoms with Gasteiger partial charge in [-0.3, -0.25) is 0 Å². The molecule has 0 radical (unpaired) electrons. The summed E-state index contributed by atoms with van der Waals surface area (Å²) in [5, 5.41) is 0. The van der Waals surface area contributed by atoms with Crippen molar-refractivity contribution in [1.82, 2.24) is 9.71 Å². The molecule has 0 saturated heterocycles. The molecule has 2 rings (SSSR count). The van der Waals surface area contributed by atoms with E-state index in [-0.39, 0.29) is 4.90 Å². The lowest BCUT2D eigenvalue weighted by molar-refractivity contribution is 0.519. The first-order valence-corrected chi connectivity index (χ1v) is 7.27. The Bertz CT molecular complexity index is 464. The number of aromatic nitrogens is 1. The van der Waals surface area contributed by atoms with E-state index in [2.05, 4.69) is 9.71 Å². The van der Waals surface area contributed by atoms with E-state index in [0.717, 1.165) is 12.8 Å². The topological polar surface area (TPSA) is 85.1 Å². The molecule has 0 aliphatic heterocycles. The monoisotopic (exact) mass is 255 g/mol. The van der Waals surface area contributed by atoms with E-state index < -0.39 is 10.0 Å². The second kappa shape index (κ2) is 5.01. The third-order valence-electron chi connectivity index (χ3n) is 3.11. The molecule has 1 fully saturated rings. The first-order valence-electron chi connectivity index (χ1n) is 5.79. The van der Waals surface area contributed by atoms with Crippen LogP contribution in [0.3, 0.4) is 0 Å². The molecule has 1 aromatic heterocycles. The number of hydrogen-bond acceptors (Lipinski definition) is 4. The highest BCUT2D eigenvalue weighted by atomic mass is 32.2. The van der Waals surface area contributed by atoms with Crippen LogP contribution in [0.2, 0.25) is 0 Å². The molecule has 5 nitrogen and oxygen atoms in total. The van der Waals surface area contributed by atoms with Crippen LogP contribution in [-0.2, 0) is 10.0 Å². The minimum Gasteiger partial charge on any atom is -0.384 e. The molecule has 0 amide bonds. The smallest absolute Gasteiger partial charge is 0.242 e. The van der Waals surface area contributed by atoms with Gasteiger partial charge in [-0.25, -0.2) is 18.1 Å². The Morgan fingerprint density at radius 1 is 1.35 bits per heavy atom. The number of sulfonamides is 1. The molecule has 1 saturated carbocycles. The van der Waals surface area contributed by atoms with Crippen LogP contribution < -0.4 is 10.5 Å². The van der Waals surface area contributed by atoms with Crippen molar-refractivity contribution in [1.29, 1.82) is 0 Å². The number of nitrogens with two attached hydrogens (primary N) is 1. The molecular formula is C11H17N3O2S. The van der Waals surface area contributed by atoms with Gasteiger partial charge in [0.15, 0.2) is 0 Å². The summed E-state index contributed by atoms with van der Waals surface area (Å²) in [4.78, 5) is 3.95. The standard InChI is InChI=1S/C11H17N3O2S/c12-11-6-5-10(8-13-11)17(15,16)14-7-9-3-1-2-4-9/h5-6,8-9,14H,1-4,7H2,(H2,12,13). The van der Waals surface area contributed by atoms with Gasteiger partial charge in [-0.2, -0.15) is 0 Å². The summed E-state index contributed by atoms with van der Waals surface area (Å²) < 4.78 is 26.4. The lowest BCUT2D eigenvalue weighted by Gasteiger charge is -2.11. The predicted molar refractivity (Wildman–Crippen MR) is 65.8 cm³/mol. The molecule has 1 aliphatic rings. The van der Waals surface area contributed by atoms with Gasteiger partial charge in [0.1, 0.15) is 10.7 Å². The minimum absolute atomic E-state index is 0.171. The maximum Gasteiger partial charge on any atom is 0.242 e. The van der Waals surface area contributed by atoms with Crippen molar-refractivity contribution in [3.63, 3.8) is 0 Å². The molecule has 0 unspecified atom stereocenters. The van der Waals surface area contributed by atoms with Crippen molar-refractivity contribution in [3.8, 4) is 0 Å². The molecule has 94 valence electrons. The fourth-order valence-corrected chi connectivity index (χ4v) is 3.14. The zero-order valence-electron chi connectivity index (χ0n) is 9.59. The number of rotatable bonds is 4. The maximum atomic E-state index is 11.9.